The molecule has 1 saturated heterocycles. The molecule has 0 aliphatic carbocycles. The number of rotatable bonds is 1. The van der Waals surface area contributed by atoms with E-state index in [1.54, 1.807) is 0 Å². The third-order valence-corrected chi connectivity index (χ3v) is 1.66. The minimum atomic E-state index is 1.07. The van der Waals surface area contributed by atoms with Crippen LogP contribution in [0.5, 0.6) is 0 Å². The Balaban J connectivity index is 0.000000561. The number of hydrogen-bond acceptors (Lipinski definition) is 1. The van der Waals surface area contributed by atoms with Crippen molar-refractivity contribution < 1.29 is 0 Å². The van der Waals surface area contributed by atoms with E-state index in [9.17, 15) is 0 Å². The lowest BCUT2D eigenvalue weighted by atomic mass is 10.1. The average molecular weight is 165 g/mol. The van der Waals surface area contributed by atoms with Gasteiger partial charge in [0.05, 0.1) is 0 Å². The van der Waals surface area contributed by atoms with Gasteiger partial charge in [-0.1, -0.05) is 38.7 Å². The van der Waals surface area contributed by atoms with Gasteiger partial charge in [-0.3, -0.25) is 0 Å². The lowest BCUT2D eigenvalue weighted by Crippen LogP contribution is -2.02. The Morgan fingerprint density at radius 2 is 2.08 bits per heavy atom. The Morgan fingerprint density at radius 1 is 1.42 bits per heavy atom. The predicted octanol–water partition coefficient (Wildman–Crippen LogP) is 3.02. The highest BCUT2D eigenvalue weighted by molar-refractivity contribution is 5.35. The summed E-state index contributed by atoms with van der Waals surface area (Å²) in [5, 5.41) is 3.29. The summed E-state index contributed by atoms with van der Waals surface area (Å²) < 4.78 is 0. The van der Waals surface area contributed by atoms with E-state index in [0.717, 1.165) is 13.0 Å². The van der Waals surface area contributed by atoms with E-state index in [0.29, 0.717) is 0 Å². The molecule has 68 valence electrons. The van der Waals surface area contributed by atoms with Crippen LogP contribution in [0.25, 0.3) is 0 Å². The van der Waals surface area contributed by atoms with E-state index in [2.05, 4.69) is 24.0 Å². The van der Waals surface area contributed by atoms with Crippen LogP contribution in [0.4, 0.5) is 0 Å². The first-order chi connectivity index (χ1) is 5.88. The van der Waals surface area contributed by atoms with E-state index in [-0.39, 0.29) is 0 Å². The molecule has 1 aliphatic rings. The van der Waals surface area contributed by atoms with Gasteiger partial charge in [-0.2, -0.15) is 0 Å². The first-order valence-electron chi connectivity index (χ1n) is 4.60. The van der Waals surface area contributed by atoms with E-state index in [1.807, 2.05) is 26.8 Å². The molecular weight excluding hydrogens is 146 g/mol. The fourth-order valence-electron chi connectivity index (χ4n) is 1.18. The fraction of sp³-hybridized carbons (Fsp3) is 0.455. The number of hydrogen-bond donors (Lipinski definition) is 1. The molecule has 0 amide bonds. The van der Waals surface area contributed by atoms with Crippen LogP contribution in [0, 0.1) is 0 Å². The van der Waals surface area contributed by atoms with Crippen molar-refractivity contribution in [2.45, 2.75) is 27.2 Å². The third kappa shape index (κ3) is 2.95. The van der Waals surface area contributed by atoms with Crippen LogP contribution in [0.2, 0.25) is 0 Å². The summed E-state index contributed by atoms with van der Waals surface area (Å²) in [7, 11) is 0. The zero-order valence-electron chi connectivity index (χ0n) is 8.35. The van der Waals surface area contributed by atoms with Crippen molar-refractivity contribution in [3.05, 3.63) is 36.1 Å². The molecule has 1 heteroatoms. The normalized spacial score (nSPS) is 21.6. The van der Waals surface area contributed by atoms with Crippen LogP contribution < -0.4 is 5.32 Å². The summed E-state index contributed by atoms with van der Waals surface area (Å²) in [6.07, 6.45) is 7.13. The van der Waals surface area contributed by atoms with Crippen molar-refractivity contribution >= 4 is 0 Å². The summed E-state index contributed by atoms with van der Waals surface area (Å²) in [5.41, 5.74) is 2.64. The Kier molecular flexibility index (Phi) is 6.16. The minimum absolute atomic E-state index is 1.07. The summed E-state index contributed by atoms with van der Waals surface area (Å²) in [6, 6.07) is 0. The maximum Gasteiger partial charge on any atom is 0.0330 e. The van der Waals surface area contributed by atoms with Crippen molar-refractivity contribution in [1.29, 1.82) is 0 Å². The molecule has 0 radical (unpaired) electrons. The molecule has 0 saturated carbocycles. The molecule has 0 atom stereocenters. The molecule has 0 bridgehead atoms. The van der Waals surface area contributed by atoms with Crippen LogP contribution in [0.1, 0.15) is 27.2 Å². The van der Waals surface area contributed by atoms with Crippen molar-refractivity contribution in [2.75, 3.05) is 6.54 Å². The Labute approximate surface area is 75.9 Å². The molecule has 0 aromatic carbocycles. The monoisotopic (exact) mass is 165 g/mol. The molecule has 0 unspecified atom stereocenters. The highest BCUT2D eigenvalue weighted by Crippen LogP contribution is 2.16. The van der Waals surface area contributed by atoms with E-state index in [4.69, 9.17) is 0 Å². The van der Waals surface area contributed by atoms with Crippen molar-refractivity contribution in [3.63, 3.8) is 0 Å². The second kappa shape index (κ2) is 6.71. The smallest absolute Gasteiger partial charge is 0.0330 e. The van der Waals surface area contributed by atoms with Crippen LogP contribution >= 0.6 is 0 Å². The van der Waals surface area contributed by atoms with Gasteiger partial charge in [-0.15, -0.1) is 0 Å². The van der Waals surface area contributed by atoms with Crippen LogP contribution in [-0.2, 0) is 0 Å². The van der Waals surface area contributed by atoms with Gasteiger partial charge in [0, 0.05) is 12.2 Å². The fourth-order valence-corrected chi connectivity index (χ4v) is 1.18. The standard InChI is InChI=1S/C9H13N.C2H6/c1-3-5-8-6-7-10-9(8)4-2;1-2/h3-5,10H,1,6-7H2,2H3;1-2H3/b8-5-,9-4+;. The first-order valence-corrected chi connectivity index (χ1v) is 4.60. The molecule has 12 heavy (non-hydrogen) atoms. The van der Waals surface area contributed by atoms with Crippen molar-refractivity contribution in [2.24, 2.45) is 0 Å². The van der Waals surface area contributed by atoms with Gasteiger partial charge in [-0.25, -0.2) is 0 Å². The number of allylic oxidation sites excluding steroid dienone is 4. The zero-order chi connectivity index (χ0) is 9.40. The maximum atomic E-state index is 3.66. The lowest BCUT2D eigenvalue weighted by Gasteiger charge is -1.96. The van der Waals surface area contributed by atoms with Crippen molar-refractivity contribution in [1.82, 2.24) is 5.32 Å². The zero-order valence-corrected chi connectivity index (χ0v) is 8.35. The van der Waals surface area contributed by atoms with Crippen LogP contribution in [0.3, 0.4) is 0 Å². The van der Waals surface area contributed by atoms with E-state index in [1.165, 1.54) is 11.3 Å². The molecule has 0 spiro atoms. The van der Waals surface area contributed by atoms with Gasteiger partial charge < -0.3 is 5.32 Å². The largest absolute Gasteiger partial charge is 0.385 e. The van der Waals surface area contributed by atoms with Gasteiger partial charge in [0.1, 0.15) is 0 Å². The van der Waals surface area contributed by atoms with E-state index < -0.39 is 0 Å². The Morgan fingerprint density at radius 3 is 2.58 bits per heavy atom. The van der Waals surface area contributed by atoms with Crippen molar-refractivity contribution in [3.8, 4) is 0 Å². The van der Waals surface area contributed by atoms with Gasteiger partial charge in [0.2, 0.25) is 0 Å². The SMILES string of the molecule is C=C/C=C1/CCN/C1=C/C.CC. The second-order valence-electron chi connectivity index (χ2n) is 2.31. The molecule has 1 heterocycles. The Hall–Kier alpha value is -0.980. The predicted molar refractivity (Wildman–Crippen MR) is 56.0 cm³/mol. The second-order valence-corrected chi connectivity index (χ2v) is 2.31. The Bertz CT molecular complexity index is 187. The quantitative estimate of drug-likeness (QED) is 0.629. The third-order valence-electron chi connectivity index (χ3n) is 1.66. The van der Waals surface area contributed by atoms with Gasteiger partial charge in [-0.05, 0) is 18.9 Å². The average Bonchev–Trinajstić information content (AvgIpc) is 2.56. The highest BCUT2D eigenvalue weighted by atomic mass is 14.9. The summed E-state index contributed by atoms with van der Waals surface area (Å²) in [4.78, 5) is 0. The van der Waals surface area contributed by atoms with Crippen LogP contribution in [0.15, 0.2) is 36.1 Å². The molecule has 1 fully saturated rings. The highest BCUT2D eigenvalue weighted by Gasteiger charge is 2.09. The maximum absolute atomic E-state index is 3.66. The van der Waals surface area contributed by atoms with Gasteiger partial charge in [0.25, 0.3) is 0 Å². The molecule has 1 N–H and O–H groups in total. The summed E-state index contributed by atoms with van der Waals surface area (Å²) in [6.45, 7) is 10.8. The first kappa shape index (κ1) is 11.0. The molecule has 1 nitrogen and oxygen atoms in total. The van der Waals surface area contributed by atoms with Gasteiger partial charge in [0.15, 0.2) is 0 Å². The molecule has 0 aromatic rings. The molecule has 1 rings (SSSR count). The molecule has 1 aliphatic heterocycles. The number of nitrogens with one attached hydrogen (secondary N) is 1. The molecule has 0 aromatic heterocycles. The summed E-state index contributed by atoms with van der Waals surface area (Å²) >= 11 is 0. The minimum Gasteiger partial charge on any atom is -0.385 e. The molecular formula is C11H19N. The van der Waals surface area contributed by atoms with Crippen LogP contribution in [-0.4, -0.2) is 6.54 Å². The topological polar surface area (TPSA) is 12.0 Å². The lowest BCUT2D eigenvalue weighted by molar-refractivity contribution is 0.913. The van der Waals surface area contributed by atoms with E-state index >= 15 is 0 Å². The summed E-state index contributed by atoms with van der Waals surface area (Å²) in [5.74, 6) is 0. The van der Waals surface area contributed by atoms with Gasteiger partial charge >= 0.3 is 0 Å².